The summed E-state index contributed by atoms with van der Waals surface area (Å²) in [4.78, 5) is 25.4. The number of hydrogen-bond acceptors (Lipinski definition) is 6. The molecule has 1 fully saturated rings. The van der Waals surface area contributed by atoms with Crippen LogP contribution in [-0.4, -0.2) is 59.3 Å². The molecule has 0 radical (unpaired) electrons. The summed E-state index contributed by atoms with van der Waals surface area (Å²) in [5, 5.41) is 10.2. The molecule has 0 aromatic rings. The lowest BCUT2D eigenvalue weighted by Crippen LogP contribution is -2.47. The normalized spacial score (nSPS) is 27.1. The molecule has 0 aromatic carbocycles. The maximum Gasteiger partial charge on any atom is 0.417 e. The van der Waals surface area contributed by atoms with Crippen LogP contribution in [0.5, 0.6) is 0 Å². The monoisotopic (exact) mass is 317 g/mol. The highest BCUT2D eigenvalue weighted by atomic mass is 16.7. The number of carbonyl (C=O) groups excluding carboxylic acids is 2. The van der Waals surface area contributed by atoms with Crippen LogP contribution in [-0.2, 0) is 19.0 Å². The first-order valence-corrected chi connectivity index (χ1v) is 7.55. The highest BCUT2D eigenvalue weighted by Gasteiger charge is 2.49. The number of likely N-dealkylation sites (tertiary alicyclic amines) is 1. The third-order valence-electron chi connectivity index (χ3n) is 3.36. The molecule has 0 aromatic heterocycles. The minimum absolute atomic E-state index is 0.00233. The smallest absolute Gasteiger partial charge is 0.417 e. The predicted octanol–water partition coefficient (Wildman–Crippen LogP) is 1.53. The Balaban J connectivity index is 2.81. The van der Waals surface area contributed by atoms with Crippen LogP contribution in [0.3, 0.4) is 0 Å². The minimum Gasteiger partial charge on any atom is -0.443 e. The topological polar surface area (TPSA) is 85.3 Å². The summed E-state index contributed by atoms with van der Waals surface area (Å²) in [6.45, 7) is 10.8. The van der Waals surface area contributed by atoms with Crippen LogP contribution in [0.4, 0.5) is 4.79 Å². The number of nitrogens with zero attached hydrogens (tertiary/aromatic N) is 1. The van der Waals surface area contributed by atoms with Crippen molar-refractivity contribution in [1.82, 2.24) is 4.90 Å². The van der Waals surface area contributed by atoms with Crippen molar-refractivity contribution in [3.05, 3.63) is 0 Å². The van der Waals surface area contributed by atoms with Gasteiger partial charge in [-0.1, -0.05) is 6.92 Å². The van der Waals surface area contributed by atoms with Crippen molar-refractivity contribution < 1.29 is 28.9 Å². The molecule has 0 bridgehead atoms. The number of rotatable bonds is 5. The Bertz CT molecular complexity index is 405. The van der Waals surface area contributed by atoms with Crippen LogP contribution in [0.25, 0.3) is 0 Å². The summed E-state index contributed by atoms with van der Waals surface area (Å²) in [7, 11) is 0. The van der Waals surface area contributed by atoms with Crippen molar-refractivity contribution in [3.8, 4) is 0 Å². The lowest BCUT2D eigenvalue weighted by atomic mass is 10.0. The largest absolute Gasteiger partial charge is 0.443 e. The van der Waals surface area contributed by atoms with Crippen LogP contribution in [0, 0.1) is 5.92 Å². The van der Waals surface area contributed by atoms with Crippen molar-refractivity contribution in [1.29, 1.82) is 0 Å². The van der Waals surface area contributed by atoms with Gasteiger partial charge < -0.3 is 19.3 Å². The summed E-state index contributed by atoms with van der Waals surface area (Å²) in [5.74, 6) is -1.14. The summed E-state index contributed by atoms with van der Waals surface area (Å²) in [6.07, 6.45) is -2.24. The molecule has 1 rings (SSSR count). The van der Waals surface area contributed by atoms with E-state index in [1.54, 1.807) is 34.6 Å². The number of amides is 2. The molecule has 1 heterocycles. The van der Waals surface area contributed by atoms with E-state index in [4.69, 9.17) is 14.2 Å². The molecule has 1 N–H and O–H groups in total. The van der Waals surface area contributed by atoms with E-state index in [1.807, 2.05) is 6.92 Å². The number of aliphatic hydroxyl groups excluding tert-OH is 1. The zero-order valence-corrected chi connectivity index (χ0v) is 14.2. The van der Waals surface area contributed by atoms with Crippen molar-refractivity contribution in [2.24, 2.45) is 5.92 Å². The molecule has 0 aliphatic carbocycles. The molecule has 7 heteroatoms. The van der Waals surface area contributed by atoms with Crippen molar-refractivity contribution in [2.45, 2.75) is 65.6 Å². The number of carbonyl (C=O) groups is 2. The van der Waals surface area contributed by atoms with Gasteiger partial charge in [-0.2, -0.15) is 0 Å². The molecule has 0 saturated carbocycles. The fourth-order valence-corrected chi connectivity index (χ4v) is 2.24. The maximum absolute atomic E-state index is 12.2. The molecule has 0 spiro atoms. The van der Waals surface area contributed by atoms with Gasteiger partial charge in [0, 0.05) is 6.61 Å². The Labute approximate surface area is 131 Å². The SMILES string of the molecule is CCOC(C)OC[C@@H]1[C@@H](O)C(C)C(=O)N1C(=O)OC(C)(C)C. The lowest BCUT2D eigenvalue weighted by Gasteiger charge is -2.28. The first kappa shape index (κ1) is 18.9. The zero-order chi connectivity index (χ0) is 17.1. The maximum atomic E-state index is 12.2. The first-order valence-electron chi connectivity index (χ1n) is 7.55. The fourth-order valence-electron chi connectivity index (χ4n) is 2.24. The second-order valence-corrected chi connectivity index (χ2v) is 6.39. The zero-order valence-electron chi connectivity index (χ0n) is 14.2. The van der Waals surface area contributed by atoms with Gasteiger partial charge in [0.1, 0.15) is 5.60 Å². The molecule has 2 amide bonds. The van der Waals surface area contributed by atoms with Crippen molar-refractivity contribution >= 4 is 12.0 Å². The van der Waals surface area contributed by atoms with Crippen LogP contribution in [0.15, 0.2) is 0 Å². The standard InChI is InChI=1S/C15H27NO6/c1-7-20-10(3)21-8-11-12(17)9(2)13(18)16(11)14(19)22-15(4,5)6/h9-12,17H,7-8H2,1-6H3/t9?,10?,11-,12+/m1/s1. The van der Waals surface area contributed by atoms with Gasteiger partial charge in [-0.3, -0.25) is 4.79 Å². The highest BCUT2D eigenvalue weighted by molar-refractivity contribution is 5.96. The minimum atomic E-state index is -0.992. The Morgan fingerprint density at radius 3 is 2.45 bits per heavy atom. The Morgan fingerprint density at radius 2 is 1.95 bits per heavy atom. The summed E-state index contributed by atoms with van der Waals surface area (Å²) < 4.78 is 15.9. The molecule has 128 valence electrons. The van der Waals surface area contributed by atoms with E-state index in [9.17, 15) is 14.7 Å². The molecule has 1 aliphatic rings. The quantitative estimate of drug-likeness (QED) is 0.774. The first-order chi connectivity index (χ1) is 10.1. The summed E-state index contributed by atoms with van der Waals surface area (Å²) >= 11 is 0. The van der Waals surface area contributed by atoms with Crippen LogP contribution in [0.1, 0.15) is 41.5 Å². The van der Waals surface area contributed by atoms with E-state index in [0.29, 0.717) is 6.61 Å². The fraction of sp³-hybridized carbons (Fsp3) is 0.867. The molecular formula is C15H27NO6. The van der Waals surface area contributed by atoms with E-state index in [0.717, 1.165) is 4.90 Å². The Morgan fingerprint density at radius 1 is 1.36 bits per heavy atom. The molecule has 4 atom stereocenters. The van der Waals surface area contributed by atoms with E-state index < -0.39 is 42.0 Å². The van der Waals surface area contributed by atoms with E-state index in [2.05, 4.69) is 0 Å². The van der Waals surface area contributed by atoms with Crippen LogP contribution >= 0.6 is 0 Å². The molecule has 1 saturated heterocycles. The van der Waals surface area contributed by atoms with E-state index >= 15 is 0 Å². The number of hydrogen-bond donors (Lipinski definition) is 1. The van der Waals surface area contributed by atoms with Gasteiger partial charge in [0.25, 0.3) is 0 Å². The number of imide groups is 1. The van der Waals surface area contributed by atoms with Gasteiger partial charge in [-0.15, -0.1) is 0 Å². The second kappa shape index (κ2) is 7.39. The van der Waals surface area contributed by atoms with Gasteiger partial charge in [-0.25, -0.2) is 9.69 Å². The highest BCUT2D eigenvalue weighted by Crippen LogP contribution is 2.27. The average Bonchev–Trinajstić information content (AvgIpc) is 2.59. The van der Waals surface area contributed by atoms with Gasteiger partial charge in [0.15, 0.2) is 6.29 Å². The molecule has 7 nitrogen and oxygen atoms in total. The van der Waals surface area contributed by atoms with Gasteiger partial charge in [0.05, 0.1) is 24.7 Å². The third-order valence-corrected chi connectivity index (χ3v) is 3.36. The van der Waals surface area contributed by atoms with Gasteiger partial charge in [0.2, 0.25) is 5.91 Å². The number of aliphatic hydroxyl groups is 1. The summed E-state index contributed by atoms with van der Waals surface area (Å²) in [5.41, 5.74) is -0.724. The van der Waals surface area contributed by atoms with E-state index in [1.165, 1.54) is 0 Å². The second-order valence-electron chi connectivity index (χ2n) is 6.39. The molecular weight excluding hydrogens is 290 g/mol. The number of ether oxygens (including phenoxy) is 3. The lowest BCUT2D eigenvalue weighted by molar-refractivity contribution is -0.145. The summed E-state index contributed by atoms with van der Waals surface area (Å²) in [6, 6.07) is -0.778. The Hall–Kier alpha value is -1.18. The van der Waals surface area contributed by atoms with Crippen molar-refractivity contribution in [2.75, 3.05) is 13.2 Å². The van der Waals surface area contributed by atoms with Crippen LogP contribution in [0.2, 0.25) is 0 Å². The molecule has 2 unspecified atom stereocenters. The molecule has 1 aliphatic heterocycles. The van der Waals surface area contributed by atoms with Crippen molar-refractivity contribution in [3.63, 3.8) is 0 Å². The van der Waals surface area contributed by atoms with Gasteiger partial charge in [-0.05, 0) is 34.6 Å². The van der Waals surface area contributed by atoms with E-state index in [-0.39, 0.29) is 6.61 Å². The third kappa shape index (κ3) is 4.66. The van der Waals surface area contributed by atoms with Crippen LogP contribution < -0.4 is 0 Å². The predicted molar refractivity (Wildman–Crippen MR) is 79.1 cm³/mol. The average molecular weight is 317 g/mol. The molecule has 22 heavy (non-hydrogen) atoms. The Kier molecular flexibility index (Phi) is 6.34. The van der Waals surface area contributed by atoms with Gasteiger partial charge >= 0.3 is 6.09 Å².